The summed E-state index contributed by atoms with van der Waals surface area (Å²) in [7, 11) is 0. The van der Waals surface area contributed by atoms with Gasteiger partial charge < -0.3 is 26.5 Å². The lowest BCUT2D eigenvalue weighted by molar-refractivity contribution is -0.254. The van der Waals surface area contributed by atoms with Crippen molar-refractivity contribution in [3.05, 3.63) is 48.2 Å². The summed E-state index contributed by atoms with van der Waals surface area (Å²) in [6.45, 7) is 3.81. The first kappa shape index (κ1) is 18.4. The van der Waals surface area contributed by atoms with Crippen LogP contribution in [-0.2, 0) is 0 Å². The molecule has 6 N–H and O–H groups in total. The number of piperazine rings is 1. The second kappa shape index (κ2) is 8.10. The zero-order valence-corrected chi connectivity index (χ0v) is 12.8. The van der Waals surface area contributed by atoms with E-state index < -0.39 is 0 Å². The van der Waals surface area contributed by atoms with E-state index in [0.29, 0.717) is 5.56 Å². The fourth-order valence-electron chi connectivity index (χ4n) is 2.54. The van der Waals surface area contributed by atoms with Crippen molar-refractivity contribution in [1.29, 1.82) is 5.26 Å². The molecular formula is C16H21N5O2. The molecule has 0 spiro atoms. The monoisotopic (exact) mass is 315 g/mol. The molecule has 0 unspecified atom stereocenters. The molecule has 0 amide bonds. The zero-order chi connectivity index (χ0) is 14.7. The summed E-state index contributed by atoms with van der Waals surface area (Å²) in [5.74, 6) is 0.946. The largest absolute Gasteiger partial charge is 0.870 e. The molecule has 1 aromatic carbocycles. The Bertz CT molecular complexity index is 644. The van der Waals surface area contributed by atoms with Crippen molar-refractivity contribution < 1.29 is 16.7 Å². The first-order valence-electron chi connectivity index (χ1n) is 7.04. The van der Waals surface area contributed by atoms with Gasteiger partial charge in [-0.25, -0.2) is 4.98 Å². The van der Waals surface area contributed by atoms with E-state index in [1.807, 2.05) is 24.3 Å². The highest BCUT2D eigenvalue weighted by molar-refractivity contribution is 5.52. The molecule has 2 aromatic rings. The smallest absolute Gasteiger partial charge is 0.128 e. The van der Waals surface area contributed by atoms with Gasteiger partial charge in [-0.15, -0.1) is 0 Å². The molecule has 0 atom stereocenters. The molecule has 0 bridgehead atoms. The topological polar surface area (TPSA) is 132 Å². The third kappa shape index (κ3) is 4.17. The zero-order valence-electron chi connectivity index (χ0n) is 12.8. The number of benzene rings is 1. The summed E-state index contributed by atoms with van der Waals surface area (Å²) in [4.78, 5) is 8.99. The van der Waals surface area contributed by atoms with Crippen LogP contribution in [0.2, 0.25) is 0 Å². The molecule has 7 nitrogen and oxygen atoms in total. The van der Waals surface area contributed by atoms with E-state index in [2.05, 4.69) is 38.7 Å². The lowest BCUT2D eigenvalue weighted by Crippen LogP contribution is -2.47. The van der Waals surface area contributed by atoms with Gasteiger partial charge in [-0.3, -0.25) is 0 Å². The van der Waals surface area contributed by atoms with Gasteiger partial charge >= 0.3 is 0 Å². The molecule has 2 heterocycles. The van der Waals surface area contributed by atoms with Gasteiger partial charge in [0.2, 0.25) is 0 Å². The van der Waals surface area contributed by atoms with Gasteiger partial charge in [-0.05, 0) is 24.3 Å². The van der Waals surface area contributed by atoms with Crippen LogP contribution in [0.3, 0.4) is 0 Å². The van der Waals surface area contributed by atoms with Crippen LogP contribution in [0.4, 0.5) is 17.2 Å². The van der Waals surface area contributed by atoms with Crippen LogP contribution >= 0.6 is 0 Å². The molecule has 122 valence electrons. The molecule has 0 aliphatic carbocycles. The van der Waals surface area contributed by atoms with E-state index in [1.165, 1.54) is 5.69 Å². The van der Waals surface area contributed by atoms with Crippen molar-refractivity contribution in [1.82, 2.24) is 4.98 Å². The second-order valence-corrected chi connectivity index (χ2v) is 5.16. The van der Waals surface area contributed by atoms with Crippen LogP contribution in [-0.4, -0.2) is 42.1 Å². The molecule has 1 aliphatic heterocycles. The highest BCUT2D eigenvalue weighted by atomic mass is 16.0. The SMILES string of the molecule is N#Cc1ccc(N2CCN(c3ccc([NH3+])cc3)CC2)nc1.O.[OH-]. The first-order valence-corrected chi connectivity index (χ1v) is 7.04. The Kier molecular flexibility index (Phi) is 6.48. The van der Waals surface area contributed by atoms with Crippen LogP contribution in [0.25, 0.3) is 0 Å². The molecule has 1 aliphatic rings. The minimum atomic E-state index is 0. The van der Waals surface area contributed by atoms with Gasteiger partial charge in [0.15, 0.2) is 0 Å². The van der Waals surface area contributed by atoms with Gasteiger partial charge in [0.1, 0.15) is 17.6 Å². The van der Waals surface area contributed by atoms with Crippen molar-refractivity contribution in [3.63, 3.8) is 0 Å². The predicted molar refractivity (Wildman–Crippen MR) is 87.9 cm³/mol. The Morgan fingerprint density at radius 2 is 1.57 bits per heavy atom. The van der Waals surface area contributed by atoms with E-state index in [4.69, 9.17) is 5.26 Å². The van der Waals surface area contributed by atoms with Gasteiger partial charge in [-0.1, -0.05) is 0 Å². The van der Waals surface area contributed by atoms with Crippen LogP contribution in [0.5, 0.6) is 0 Å². The van der Waals surface area contributed by atoms with Gasteiger partial charge in [-0.2, -0.15) is 5.26 Å². The van der Waals surface area contributed by atoms with Gasteiger partial charge in [0.05, 0.1) is 5.56 Å². The normalized spacial score (nSPS) is 13.6. The fraction of sp³-hybridized carbons (Fsp3) is 0.250. The highest BCUT2D eigenvalue weighted by Gasteiger charge is 2.18. The van der Waals surface area contributed by atoms with Crippen molar-refractivity contribution in [3.8, 4) is 6.07 Å². The minimum absolute atomic E-state index is 0. The molecule has 0 saturated carbocycles. The lowest BCUT2D eigenvalue weighted by Gasteiger charge is -2.36. The van der Waals surface area contributed by atoms with E-state index in [0.717, 1.165) is 37.7 Å². The number of quaternary nitrogens is 1. The maximum Gasteiger partial charge on any atom is 0.128 e. The van der Waals surface area contributed by atoms with E-state index >= 15 is 0 Å². The molecule has 23 heavy (non-hydrogen) atoms. The first-order chi connectivity index (χ1) is 10.3. The molecule has 1 saturated heterocycles. The van der Waals surface area contributed by atoms with Gasteiger partial charge in [0, 0.05) is 50.2 Å². The number of anilines is 2. The number of hydrogen-bond donors (Lipinski definition) is 1. The number of nitriles is 1. The second-order valence-electron chi connectivity index (χ2n) is 5.16. The Hall–Kier alpha value is -2.66. The molecule has 0 radical (unpaired) electrons. The van der Waals surface area contributed by atoms with Crippen molar-refractivity contribution in [2.24, 2.45) is 0 Å². The number of pyridine rings is 1. The summed E-state index contributed by atoms with van der Waals surface area (Å²) in [6, 6.07) is 14.2. The number of rotatable bonds is 2. The average Bonchev–Trinajstić information content (AvgIpc) is 2.56. The molecule has 3 rings (SSSR count). The van der Waals surface area contributed by atoms with E-state index in [-0.39, 0.29) is 11.0 Å². The average molecular weight is 315 g/mol. The standard InChI is InChI=1S/C16H17N5.2H2O/c17-11-13-1-6-16(19-12-13)21-9-7-20(8-10-21)15-4-2-14(18)3-5-15;;/h1-6,12H,7-10,18H2;2*1H2. The third-order valence-corrected chi connectivity index (χ3v) is 3.78. The van der Waals surface area contributed by atoms with Crippen molar-refractivity contribution in [2.75, 3.05) is 36.0 Å². The maximum atomic E-state index is 8.80. The quantitative estimate of drug-likeness (QED) is 0.842. The van der Waals surface area contributed by atoms with Crippen LogP contribution in [0, 0.1) is 11.3 Å². The molecule has 1 aromatic heterocycles. The summed E-state index contributed by atoms with van der Waals surface area (Å²) >= 11 is 0. The van der Waals surface area contributed by atoms with E-state index in [1.54, 1.807) is 6.20 Å². The Morgan fingerprint density at radius 1 is 0.957 bits per heavy atom. The fourth-order valence-corrected chi connectivity index (χ4v) is 2.54. The molecule has 1 fully saturated rings. The molecular weight excluding hydrogens is 294 g/mol. The minimum Gasteiger partial charge on any atom is -0.870 e. The van der Waals surface area contributed by atoms with E-state index in [9.17, 15) is 0 Å². The molecule has 7 heteroatoms. The predicted octanol–water partition coefficient (Wildman–Crippen LogP) is 0.152. The summed E-state index contributed by atoms with van der Waals surface area (Å²) in [5.41, 5.74) is 6.80. The Labute approximate surface area is 135 Å². The van der Waals surface area contributed by atoms with Crippen molar-refractivity contribution in [2.45, 2.75) is 0 Å². The van der Waals surface area contributed by atoms with Crippen LogP contribution < -0.4 is 15.5 Å². The van der Waals surface area contributed by atoms with Gasteiger partial charge in [0.25, 0.3) is 0 Å². The number of nitrogens with zero attached hydrogens (tertiary/aromatic N) is 4. The maximum absolute atomic E-state index is 8.80. The van der Waals surface area contributed by atoms with Crippen LogP contribution in [0.1, 0.15) is 5.56 Å². The summed E-state index contributed by atoms with van der Waals surface area (Å²) in [5, 5.41) is 8.80. The third-order valence-electron chi connectivity index (χ3n) is 3.78. The number of aromatic nitrogens is 1. The summed E-state index contributed by atoms with van der Waals surface area (Å²) < 4.78 is 0. The lowest BCUT2D eigenvalue weighted by atomic mass is 10.2. The Morgan fingerprint density at radius 3 is 2.09 bits per heavy atom. The highest BCUT2D eigenvalue weighted by Crippen LogP contribution is 2.20. The van der Waals surface area contributed by atoms with Crippen molar-refractivity contribution >= 4 is 17.2 Å². The summed E-state index contributed by atoms with van der Waals surface area (Å²) in [6.07, 6.45) is 1.63. The number of hydrogen-bond acceptors (Lipinski definition) is 5. The van der Waals surface area contributed by atoms with Crippen LogP contribution in [0.15, 0.2) is 42.6 Å². The Balaban J connectivity index is 0.00000132.